The number of nitrogens with one attached hydrogen (secondary N) is 1. The molecule has 4 nitrogen and oxygen atoms in total. The lowest BCUT2D eigenvalue weighted by Crippen LogP contribution is -2.37. The fourth-order valence-electron chi connectivity index (χ4n) is 3.62. The highest BCUT2D eigenvalue weighted by Gasteiger charge is 2.24. The highest BCUT2D eigenvalue weighted by molar-refractivity contribution is 5.93. The monoisotopic (exact) mass is 331 g/mol. The molecule has 1 aliphatic rings. The van der Waals surface area contributed by atoms with Gasteiger partial charge in [-0.05, 0) is 49.3 Å². The van der Waals surface area contributed by atoms with Crippen LogP contribution in [0.15, 0.2) is 60.8 Å². The number of hydrogen-bond donors (Lipinski definition) is 1. The molecular weight excluding hydrogens is 310 g/mol. The van der Waals surface area contributed by atoms with E-state index in [0.717, 1.165) is 36.7 Å². The van der Waals surface area contributed by atoms with E-state index in [1.54, 1.807) is 6.20 Å². The molecule has 25 heavy (non-hydrogen) atoms. The minimum atomic E-state index is -0.124. The van der Waals surface area contributed by atoms with E-state index in [9.17, 15) is 4.79 Å². The summed E-state index contributed by atoms with van der Waals surface area (Å²) in [6, 6.07) is 18.5. The van der Waals surface area contributed by atoms with Crippen molar-refractivity contribution in [2.45, 2.75) is 37.6 Å². The second-order valence-electron chi connectivity index (χ2n) is 6.68. The van der Waals surface area contributed by atoms with Gasteiger partial charge in [-0.25, -0.2) is 4.98 Å². The number of carbonyl (C=O) groups is 1. The Morgan fingerprint density at radius 3 is 2.32 bits per heavy atom. The average molecular weight is 331 g/mol. The van der Waals surface area contributed by atoms with Gasteiger partial charge in [-0.15, -0.1) is 0 Å². The Bertz CT molecular complexity index is 870. The molecule has 126 valence electrons. The van der Waals surface area contributed by atoms with Gasteiger partial charge in [0.15, 0.2) is 0 Å². The van der Waals surface area contributed by atoms with Crippen LogP contribution in [0.25, 0.3) is 11.0 Å². The number of amides is 1. The Morgan fingerprint density at radius 1 is 0.880 bits per heavy atom. The molecular formula is C21H21N3O. The zero-order valence-corrected chi connectivity index (χ0v) is 14.1. The van der Waals surface area contributed by atoms with Crippen molar-refractivity contribution in [3.8, 4) is 0 Å². The van der Waals surface area contributed by atoms with Gasteiger partial charge in [0.1, 0.15) is 5.69 Å². The van der Waals surface area contributed by atoms with Crippen LogP contribution in [0.4, 0.5) is 0 Å². The molecule has 1 aromatic heterocycles. The Morgan fingerprint density at radius 2 is 1.56 bits per heavy atom. The number of rotatable bonds is 3. The molecule has 1 aliphatic carbocycles. The third-order valence-electron chi connectivity index (χ3n) is 5.01. The third kappa shape index (κ3) is 3.53. The van der Waals surface area contributed by atoms with Crippen molar-refractivity contribution < 1.29 is 4.79 Å². The first-order chi connectivity index (χ1) is 12.3. The van der Waals surface area contributed by atoms with Crippen molar-refractivity contribution in [1.82, 2.24) is 15.3 Å². The van der Waals surface area contributed by atoms with E-state index in [2.05, 4.69) is 45.6 Å². The molecule has 0 spiro atoms. The van der Waals surface area contributed by atoms with Gasteiger partial charge in [0.25, 0.3) is 5.91 Å². The Hall–Kier alpha value is -2.75. The van der Waals surface area contributed by atoms with Gasteiger partial charge in [0, 0.05) is 6.04 Å². The predicted molar refractivity (Wildman–Crippen MR) is 98.4 cm³/mol. The number of hydrogen-bond acceptors (Lipinski definition) is 3. The summed E-state index contributed by atoms with van der Waals surface area (Å²) < 4.78 is 0. The van der Waals surface area contributed by atoms with Gasteiger partial charge >= 0.3 is 0 Å². The second-order valence-corrected chi connectivity index (χ2v) is 6.68. The van der Waals surface area contributed by atoms with Crippen molar-refractivity contribution in [1.29, 1.82) is 0 Å². The van der Waals surface area contributed by atoms with E-state index < -0.39 is 0 Å². The molecule has 2 aromatic carbocycles. The maximum absolute atomic E-state index is 12.5. The van der Waals surface area contributed by atoms with Gasteiger partial charge in [0.05, 0.1) is 17.2 Å². The maximum Gasteiger partial charge on any atom is 0.271 e. The molecule has 1 N–H and O–H groups in total. The first kappa shape index (κ1) is 15.8. The minimum absolute atomic E-state index is 0.124. The van der Waals surface area contributed by atoms with E-state index in [0.29, 0.717) is 11.6 Å². The van der Waals surface area contributed by atoms with Gasteiger partial charge < -0.3 is 5.32 Å². The van der Waals surface area contributed by atoms with E-state index in [4.69, 9.17) is 0 Å². The normalized spacial score (nSPS) is 20.3. The van der Waals surface area contributed by atoms with Crippen molar-refractivity contribution in [3.63, 3.8) is 0 Å². The maximum atomic E-state index is 12.5. The lowest BCUT2D eigenvalue weighted by molar-refractivity contribution is 0.0920. The quantitative estimate of drug-likeness (QED) is 0.786. The van der Waals surface area contributed by atoms with Crippen molar-refractivity contribution in [2.75, 3.05) is 0 Å². The molecule has 0 atom stereocenters. The van der Waals surface area contributed by atoms with Crippen LogP contribution in [-0.4, -0.2) is 21.9 Å². The SMILES string of the molecule is O=C(N[C@H]1CC[C@H](c2ccccc2)CC1)c1cnc2ccccc2n1. The second kappa shape index (κ2) is 7.01. The standard InChI is InChI=1S/C21H21N3O/c25-21(20-14-22-18-8-4-5-9-19(18)24-20)23-17-12-10-16(11-13-17)15-6-2-1-3-7-15/h1-9,14,16-17H,10-13H2,(H,23,25)/t16-,17-. The number of carbonyl (C=O) groups excluding carboxylic acids is 1. The average Bonchev–Trinajstić information content (AvgIpc) is 2.69. The summed E-state index contributed by atoms with van der Waals surface area (Å²) in [6.07, 6.45) is 5.79. The topological polar surface area (TPSA) is 54.9 Å². The van der Waals surface area contributed by atoms with Gasteiger partial charge in [-0.2, -0.15) is 0 Å². The summed E-state index contributed by atoms with van der Waals surface area (Å²) in [4.78, 5) is 21.2. The van der Waals surface area contributed by atoms with Gasteiger partial charge in [0.2, 0.25) is 0 Å². The lowest BCUT2D eigenvalue weighted by Gasteiger charge is -2.29. The van der Waals surface area contributed by atoms with Crippen LogP contribution >= 0.6 is 0 Å². The molecule has 3 aromatic rings. The number of para-hydroxylation sites is 2. The molecule has 4 heteroatoms. The summed E-state index contributed by atoms with van der Waals surface area (Å²) in [5.74, 6) is 0.483. The van der Waals surface area contributed by atoms with Crippen LogP contribution in [0, 0.1) is 0 Å². The molecule has 1 fully saturated rings. The lowest BCUT2D eigenvalue weighted by atomic mass is 9.82. The Kier molecular flexibility index (Phi) is 4.42. The van der Waals surface area contributed by atoms with E-state index in [1.165, 1.54) is 5.56 Å². The molecule has 0 saturated heterocycles. The molecule has 0 radical (unpaired) electrons. The van der Waals surface area contributed by atoms with Crippen LogP contribution in [0.5, 0.6) is 0 Å². The number of aromatic nitrogens is 2. The van der Waals surface area contributed by atoms with E-state index in [-0.39, 0.29) is 11.9 Å². The van der Waals surface area contributed by atoms with Gasteiger partial charge in [-0.1, -0.05) is 42.5 Å². The van der Waals surface area contributed by atoms with Gasteiger partial charge in [-0.3, -0.25) is 9.78 Å². The first-order valence-corrected chi connectivity index (χ1v) is 8.87. The Labute approximate surface area is 147 Å². The zero-order chi connectivity index (χ0) is 17.1. The van der Waals surface area contributed by atoms with Crippen molar-refractivity contribution in [2.24, 2.45) is 0 Å². The highest BCUT2D eigenvalue weighted by atomic mass is 16.1. The van der Waals surface area contributed by atoms with E-state index >= 15 is 0 Å². The number of nitrogens with zero attached hydrogens (tertiary/aromatic N) is 2. The fourth-order valence-corrected chi connectivity index (χ4v) is 3.62. The molecule has 1 heterocycles. The summed E-state index contributed by atoms with van der Waals surface area (Å²) in [7, 11) is 0. The van der Waals surface area contributed by atoms with Crippen molar-refractivity contribution >= 4 is 16.9 Å². The van der Waals surface area contributed by atoms with Crippen LogP contribution in [0.1, 0.15) is 47.7 Å². The van der Waals surface area contributed by atoms with Crippen LogP contribution < -0.4 is 5.32 Å². The van der Waals surface area contributed by atoms with Crippen molar-refractivity contribution in [3.05, 3.63) is 72.1 Å². The number of benzene rings is 2. The third-order valence-corrected chi connectivity index (χ3v) is 5.01. The minimum Gasteiger partial charge on any atom is -0.348 e. The molecule has 1 amide bonds. The summed E-state index contributed by atoms with van der Waals surface area (Å²) in [5.41, 5.74) is 3.36. The highest BCUT2D eigenvalue weighted by Crippen LogP contribution is 2.32. The summed E-state index contributed by atoms with van der Waals surface area (Å²) >= 11 is 0. The summed E-state index contributed by atoms with van der Waals surface area (Å²) in [5, 5.41) is 3.13. The summed E-state index contributed by atoms with van der Waals surface area (Å²) in [6.45, 7) is 0. The largest absolute Gasteiger partial charge is 0.348 e. The molecule has 4 rings (SSSR count). The van der Waals surface area contributed by atoms with Crippen LogP contribution in [0.3, 0.4) is 0 Å². The smallest absolute Gasteiger partial charge is 0.271 e. The van der Waals surface area contributed by atoms with Crippen LogP contribution in [0.2, 0.25) is 0 Å². The predicted octanol–water partition coefficient (Wildman–Crippen LogP) is 4.09. The zero-order valence-electron chi connectivity index (χ0n) is 14.1. The molecule has 0 aliphatic heterocycles. The van der Waals surface area contributed by atoms with Crippen LogP contribution in [-0.2, 0) is 0 Å². The molecule has 0 unspecified atom stereocenters. The van der Waals surface area contributed by atoms with E-state index in [1.807, 2.05) is 24.3 Å². The Balaban J connectivity index is 1.38. The molecule has 0 bridgehead atoms. The first-order valence-electron chi connectivity index (χ1n) is 8.87. The number of fused-ring (bicyclic) bond motifs is 1. The fraction of sp³-hybridized carbons (Fsp3) is 0.286. The molecule has 1 saturated carbocycles.